The normalized spacial score (nSPS) is 10.8. The average molecular weight is 244 g/mol. The van der Waals surface area contributed by atoms with Crippen molar-refractivity contribution in [2.45, 2.75) is 6.92 Å². The van der Waals surface area contributed by atoms with E-state index in [0.717, 1.165) is 42.0 Å². The predicted molar refractivity (Wildman–Crippen MR) is 78.0 cm³/mol. The Morgan fingerprint density at radius 1 is 1.28 bits per heavy atom. The van der Waals surface area contributed by atoms with Gasteiger partial charge in [0.25, 0.3) is 0 Å². The van der Waals surface area contributed by atoms with Gasteiger partial charge in [-0.25, -0.2) is 4.98 Å². The summed E-state index contributed by atoms with van der Waals surface area (Å²) < 4.78 is 0. The molecule has 0 radical (unpaired) electrons. The van der Waals surface area contributed by atoms with Crippen LogP contribution < -0.4 is 16.0 Å². The van der Waals surface area contributed by atoms with Crippen LogP contribution in [0.3, 0.4) is 0 Å². The van der Waals surface area contributed by atoms with Crippen LogP contribution in [0.25, 0.3) is 10.9 Å². The number of aromatic nitrogens is 1. The van der Waals surface area contributed by atoms with E-state index in [2.05, 4.69) is 34.3 Å². The molecular weight excluding hydrogens is 224 g/mol. The van der Waals surface area contributed by atoms with Gasteiger partial charge in [0.1, 0.15) is 5.82 Å². The summed E-state index contributed by atoms with van der Waals surface area (Å²) in [6.45, 7) is 5.01. The zero-order valence-corrected chi connectivity index (χ0v) is 11.0. The number of hydrogen-bond donors (Lipinski definition) is 2. The molecule has 2 aromatic rings. The first-order valence-corrected chi connectivity index (χ1v) is 6.30. The minimum Gasteiger partial charge on any atom is -0.399 e. The van der Waals surface area contributed by atoms with Crippen LogP contribution in [0.5, 0.6) is 0 Å². The minimum absolute atomic E-state index is 0.777. The number of rotatable bonds is 5. The van der Waals surface area contributed by atoms with Gasteiger partial charge in [-0.15, -0.1) is 0 Å². The van der Waals surface area contributed by atoms with Crippen molar-refractivity contribution in [1.29, 1.82) is 0 Å². The quantitative estimate of drug-likeness (QED) is 0.788. The summed E-state index contributed by atoms with van der Waals surface area (Å²) in [4.78, 5) is 6.94. The lowest BCUT2D eigenvalue weighted by Crippen LogP contribution is -2.31. The van der Waals surface area contributed by atoms with Crippen molar-refractivity contribution in [3.8, 4) is 0 Å². The highest BCUT2D eigenvalue weighted by Gasteiger charge is 2.06. The van der Waals surface area contributed by atoms with Crippen LogP contribution in [0, 0.1) is 0 Å². The Bertz CT molecular complexity index is 524. The van der Waals surface area contributed by atoms with Crippen LogP contribution in [-0.2, 0) is 0 Å². The van der Waals surface area contributed by atoms with Crippen molar-refractivity contribution < 1.29 is 0 Å². The van der Waals surface area contributed by atoms with Crippen LogP contribution >= 0.6 is 0 Å². The molecule has 0 unspecified atom stereocenters. The SMILES string of the molecule is CCN(CCNC)c1ccc2cc(N)ccc2n1. The topological polar surface area (TPSA) is 54.2 Å². The summed E-state index contributed by atoms with van der Waals surface area (Å²) in [7, 11) is 1.96. The van der Waals surface area contributed by atoms with Crippen molar-refractivity contribution >= 4 is 22.4 Å². The molecule has 1 heterocycles. The van der Waals surface area contributed by atoms with Gasteiger partial charge in [0.15, 0.2) is 0 Å². The van der Waals surface area contributed by atoms with Crippen molar-refractivity contribution in [3.63, 3.8) is 0 Å². The van der Waals surface area contributed by atoms with Crippen LogP contribution in [0.2, 0.25) is 0 Å². The first-order valence-electron chi connectivity index (χ1n) is 6.30. The minimum atomic E-state index is 0.777. The number of benzene rings is 1. The molecule has 4 nitrogen and oxygen atoms in total. The zero-order valence-electron chi connectivity index (χ0n) is 11.0. The molecule has 0 atom stereocenters. The van der Waals surface area contributed by atoms with Gasteiger partial charge in [-0.05, 0) is 44.3 Å². The molecule has 0 saturated carbocycles. The molecule has 0 bridgehead atoms. The van der Waals surface area contributed by atoms with E-state index < -0.39 is 0 Å². The Balaban J connectivity index is 2.30. The fraction of sp³-hybridized carbons (Fsp3) is 0.357. The molecule has 1 aromatic carbocycles. The zero-order chi connectivity index (χ0) is 13.0. The summed E-state index contributed by atoms with van der Waals surface area (Å²) in [5.41, 5.74) is 7.53. The van der Waals surface area contributed by atoms with Crippen molar-refractivity contribution in [1.82, 2.24) is 10.3 Å². The Kier molecular flexibility index (Phi) is 3.99. The Labute approximate surface area is 108 Å². The van der Waals surface area contributed by atoms with Crippen LogP contribution in [-0.4, -0.2) is 31.7 Å². The largest absolute Gasteiger partial charge is 0.399 e. The number of pyridine rings is 1. The van der Waals surface area contributed by atoms with Crippen molar-refractivity contribution in [2.24, 2.45) is 0 Å². The second-order valence-electron chi connectivity index (χ2n) is 4.30. The highest BCUT2D eigenvalue weighted by atomic mass is 15.2. The van der Waals surface area contributed by atoms with E-state index in [1.54, 1.807) is 0 Å². The number of likely N-dealkylation sites (N-methyl/N-ethyl adjacent to an activating group) is 2. The molecule has 0 fully saturated rings. The van der Waals surface area contributed by atoms with E-state index in [4.69, 9.17) is 5.73 Å². The van der Waals surface area contributed by atoms with Gasteiger partial charge >= 0.3 is 0 Å². The standard InChI is InChI=1S/C14H20N4/c1-3-18(9-8-16-2)14-7-4-11-10-12(15)5-6-13(11)17-14/h4-7,10,16H,3,8-9,15H2,1-2H3. The number of fused-ring (bicyclic) bond motifs is 1. The Morgan fingerprint density at radius 3 is 2.83 bits per heavy atom. The molecule has 1 aromatic heterocycles. The van der Waals surface area contributed by atoms with Crippen LogP contribution in [0.4, 0.5) is 11.5 Å². The molecule has 0 spiro atoms. The molecule has 0 saturated heterocycles. The third kappa shape index (κ3) is 2.71. The van der Waals surface area contributed by atoms with Gasteiger partial charge in [-0.2, -0.15) is 0 Å². The number of nitrogens with two attached hydrogens (primary N) is 1. The summed E-state index contributed by atoms with van der Waals surface area (Å²) in [5.74, 6) is 1.02. The van der Waals surface area contributed by atoms with E-state index in [1.165, 1.54) is 0 Å². The number of nitrogens with one attached hydrogen (secondary N) is 1. The van der Waals surface area contributed by atoms with Crippen molar-refractivity contribution in [2.75, 3.05) is 37.3 Å². The van der Waals surface area contributed by atoms with E-state index in [0.29, 0.717) is 0 Å². The molecule has 0 aliphatic rings. The molecule has 3 N–H and O–H groups in total. The smallest absolute Gasteiger partial charge is 0.129 e. The molecule has 0 aliphatic heterocycles. The van der Waals surface area contributed by atoms with Gasteiger partial charge in [0, 0.05) is 30.7 Å². The summed E-state index contributed by atoms with van der Waals surface area (Å²) in [6.07, 6.45) is 0. The fourth-order valence-electron chi connectivity index (χ4n) is 1.99. The Hall–Kier alpha value is -1.81. The second-order valence-corrected chi connectivity index (χ2v) is 4.30. The van der Waals surface area contributed by atoms with E-state index in [-0.39, 0.29) is 0 Å². The van der Waals surface area contributed by atoms with E-state index in [9.17, 15) is 0 Å². The van der Waals surface area contributed by atoms with Crippen molar-refractivity contribution in [3.05, 3.63) is 30.3 Å². The van der Waals surface area contributed by atoms with E-state index >= 15 is 0 Å². The number of hydrogen-bond acceptors (Lipinski definition) is 4. The highest BCUT2D eigenvalue weighted by molar-refractivity contribution is 5.83. The van der Waals surface area contributed by atoms with Crippen LogP contribution in [0.1, 0.15) is 6.92 Å². The average Bonchev–Trinajstić information content (AvgIpc) is 2.39. The maximum atomic E-state index is 5.77. The second kappa shape index (κ2) is 5.69. The van der Waals surface area contributed by atoms with Gasteiger partial charge in [-0.1, -0.05) is 0 Å². The molecule has 18 heavy (non-hydrogen) atoms. The predicted octanol–water partition coefficient (Wildman–Crippen LogP) is 1.86. The van der Waals surface area contributed by atoms with Gasteiger partial charge in [-0.3, -0.25) is 0 Å². The number of anilines is 2. The molecule has 0 aliphatic carbocycles. The fourth-order valence-corrected chi connectivity index (χ4v) is 1.99. The van der Waals surface area contributed by atoms with Gasteiger partial charge in [0.2, 0.25) is 0 Å². The molecule has 4 heteroatoms. The first-order chi connectivity index (χ1) is 8.74. The molecule has 0 amide bonds. The number of nitrogens with zero attached hydrogens (tertiary/aromatic N) is 2. The third-order valence-corrected chi connectivity index (χ3v) is 3.04. The van der Waals surface area contributed by atoms with E-state index in [1.807, 2.05) is 25.2 Å². The molecule has 2 rings (SSSR count). The molecular formula is C14H20N4. The summed E-state index contributed by atoms with van der Waals surface area (Å²) in [5, 5.41) is 4.25. The van der Waals surface area contributed by atoms with Gasteiger partial charge in [0.05, 0.1) is 5.52 Å². The highest BCUT2D eigenvalue weighted by Crippen LogP contribution is 2.19. The number of nitrogen functional groups attached to an aromatic ring is 1. The first kappa shape index (κ1) is 12.6. The van der Waals surface area contributed by atoms with Crippen LogP contribution in [0.15, 0.2) is 30.3 Å². The lowest BCUT2D eigenvalue weighted by molar-refractivity contribution is 0.730. The monoisotopic (exact) mass is 244 g/mol. The lowest BCUT2D eigenvalue weighted by atomic mass is 10.2. The Morgan fingerprint density at radius 2 is 2.11 bits per heavy atom. The molecule has 96 valence electrons. The third-order valence-electron chi connectivity index (χ3n) is 3.04. The van der Waals surface area contributed by atoms with Gasteiger partial charge < -0.3 is 16.0 Å². The lowest BCUT2D eigenvalue weighted by Gasteiger charge is -2.22. The maximum absolute atomic E-state index is 5.77. The summed E-state index contributed by atoms with van der Waals surface area (Å²) >= 11 is 0. The summed E-state index contributed by atoms with van der Waals surface area (Å²) in [6, 6.07) is 9.95. The maximum Gasteiger partial charge on any atom is 0.129 e.